The van der Waals surface area contributed by atoms with Crippen LogP contribution in [0.1, 0.15) is 23.6 Å². The highest BCUT2D eigenvalue weighted by molar-refractivity contribution is 5.40. The van der Waals surface area contributed by atoms with Gasteiger partial charge in [0.25, 0.3) is 0 Å². The molecule has 0 amide bonds. The summed E-state index contributed by atoms with van der Waals surface area (Å²) in [6.07, 6.45) is 3.76. The maximum atomic E-state index is 5.91. The second-order valence-electron chi connectivity index (χ2n) is 4.34. The maximum absolute atomic E-state index is 5.91. The van der Waals surface area contributed by atoms with Crippen molar-refractivity contribution in [1.29, 1.82) is 0 Å². The molecule has 18 heavy (non-hydrogen) atoms. The first-order valence-electron chi connectivity index (χ1n) is 6.23. The molecule has 3 heteroatoms. The molecule has 0 aliphatic rings. The number of nitrogen functional groups attached to an aromatic ring is 1. The summed E-state index contributed by atoms with van der Waals surface area (Å²) in [5.74, 6) is 0.616. The molecular formula is C15H19N3. The van der Waals surface area contributed by atoms with Gasteiger partial charge in [-0.05, 0) is 31.5 Å². The minimum Gasteiger partial charge on any atom is -0.383 e. The first kappa shape index (κ1) is 12.6. The summed E-state index contributed by atoms with van der Waals surface area (Å²) in [6.45, 7) is 0. The summed E-state index contributed by atoms with van der Waals surface area (Å²) in [5.41, 5.74) is 8.34. The number of benzene rings is 1. The summed E-state index contributed by atoms with van der Waals surface area (Å²) < 4.78 is 0. The van der Waals surface area contributed by atoms with Crippen LogP contribution in [0.4, 0.5) is 5.82 Å². The third kappa shape index (κ3) is 3.08. The lowest BCUT2D eigenvalue weighted by Crippen LogP contribution is -2.19. The number of nitrogens with two attached hydrogens (primary N) is 1. The Bertz CT molecular complexity index is 482. The smallest absolute Gasteiger partial charge is 0.128 e. The van der Waals surface area contributed by atoms with Crippen molar-refractivity contribution in [3.63, 3.8) is 0 Å². The molecule has 0 saturated carbocycles. The van der Waals surface area contributed by atoms with E-state index in [1.165, 1.54) is 5.56 Å². The molecule has 0 radical (unpaired) electrons. The van der Waals surface area contributed by atoms with E-state index in [1.807, 2.05) is 25.2 Å². The normalized spacial score (nSPS) is 12.3. The Kier molecular flexibility index (Phi) is 4.31. The van der Waals surface area contributed by atoms with Gasteiger partial charge >= 0.3 is 0 Å². The Morgan fingerprint density at radius 2 is 1.94 bits per heavy atom. The molecule has 94 valence electrons. The Morgan fingerprint density at radius 1 is 1.17 bits per heavy atom. The largest absolute Gasteiger partial charge is 0.383 e. The van der Waals surface area contributed by atoms with Crippen LogP contribution in [0.15, 0.2) is 48.7 Å². The molecule has 2 aromatic rings. The molecular weight excluding hydrogens is 222 g/mol. The number of hydrogen-bond acceptors (Lipinski definition) is 3. The van der Waals surface area contributed by atoms with E-state index in [9.17, 15) is 0 Å². The number of rotatable bonds is 5. The van der Waals surface area contributed by atoms with Crippen LogP contribution in [-0.2, 0) is 6.42 Å². The van der Waals surface area contributed by atoms with Crippen LogP contribution >= 0.6 is 0 Å². The maximum Gasteiger partial charge on any atom is 0.128 e. The van der Waals surface area contributed by atoms with E-state index in [4.69, 9.17) is 5.73 Å². The average molecular weight is 241 g/mol. The lowest BCUT2D eigenvalue weighted by molar-refractivity contribution is 0.549. The zero-order chi connectivity index (χ0) is 12.8. The Hall–Kier alpha value is -1.87. The van der Waals surface area contributed by atoms with Gasteiger partial charge in [-0.3, -0.25) is 0 Å². The van der Waals surface area contributed by atoms with E-state index in [-0.39, 0.29) is 6.04 Å². The highest BCUT2D eigenvalue weighted by atomic mass is 14.9. The van der Waals surface area contributed by atoms with Crippen molar-refractivity contribution < 1.29 is 0 Å². The van der Waals surface area contributed by atoms with Gasteiger partial charge < -0.3 is 11.1 Å². The number of aromatic nitrogens is 1. The molecule has 0 fully saturated rings. The minimum absolute atomic E-state index is 0.249. The minimum atomic E-state index is 0.249. The van der Waals surface area contributed by atoms with Gasteiger partial charge in [-0.15, -0.1) is 0 Å². The molecule has 0 saturated heterocycles. The van der Waals surface area contributed by atoms with Crippen LogP contribution in [0.25, 0.3) is 0 Å². The molecule has 3 N–H and O–H groups in total. The van der Waals surface area contributed by atoms with Gasteiger partial charge in [0, 0.05) is 17.8 Å². The monoisotopic (exact) mass is 241 g/mol. The Balaban J connectivity index is 2.04. The van der Waals surface area contributed by atoms with Crippen molar-refractivity contribution in [2.24, 2.45) is 0 Å². The fourth-order valence-electron chi connectivity index (χ4n) is 2.14. The van der Waals surface area contributed by atoms with Crippen LogP contribution < -0.4 is 11.1 Å². The predicted molar refractivity (Wildman–Crippen MR) is 75.2 cm³/mol. The highest BCUT2D eigenvalue weighted by Gasteiger charge is 2.12. The van der Waals surface area contributed by atoms with E-state index in [1.54, 1.807) is 6.20 Å². The topological polar surface area (TPSA) is 50.9 Å². The molecule has 0 spiro atoms. The van der Waals surface area contributed by atoms with Crippen molar-refractivity contribution in [2.75, 3.05) is 12.8 Å². The summed E-state index contributed by atoms with van der Waals surface area (Å²) in [7, 11) is 1.96. The molecule has 0 aliphatic heterocycles. The molecule has 0 bridgehead atoms. The van der Waals surface area contributed by atoms with Gasteiger partial charge in [-0.2, -0.15) is 0 Å². The van der Waals surface area contributed by atoms with Crippen LogP contribution in [-0.4, -0.2) is 12.0 Å². The summed E-state index contributed by atoms with van der Waals surface area (Å²) in [6, 6.07) is 14.7. The van der Waals surface area contributed by atoms with E-state index in [0.29, 0.717) is 5.82 Å². The van der Waals surface area contributed by atoms with E-state index in [2.05, 4.69) is 34.6 Å². The van der Waals surface area contributed by atoms with Crippen LogP contribution in [0.2, 0.25) is 0 Å². The van der Waals surface area contributed by atoms with Crippen LogP contribution in [0.3, 0.4) is 0 Å². The second kappa shape index (κ2) is 6.17. The van der Waals surface area contributed by atoms with Gasteiger partial charge in [0.1, 0.15) is 5.82 Å². The molecule has 1 aromatic carbocycles. The van der Waals surface area contributed by atoms with Gasteiger partial charge in [-0.25, -0.2) is 4.98 Å². The fraction of sp³-hybridized carbons (Fsp3) is 0.267. The first-order valence-corrected chi connectivity index (χ1v) is 6.23. The number of nitrogens with one attached hydrogen (secondary N) is 1. The molecule has 1 atom stereocenters. The molecule has 1 aromatic heterocycles. The molecule has 0 aliphatic carbocycles. The SMILES string of the molecule is CNC(CCc1ccccc1)c1cccnc1N. The van der Waals surface area contributed by atoms with E-state index >= 15 is 0 Å². The summed E-state index contributed by atoms with van der Waals surface area (Å²) in [5, 5.41) is 3.31. The zero-order valence-corrected chi connectivity index (χ0v) is 10.6. The van der Waals surface area contributed by atoms with Crippen LogP contribution in [0.5, 0.6) is 0 Å². The molecule has 2 rings (SSSR count). The van der Waals surface area contributed by atoms with E-state index in [0.717, 1.165) is 18.4 Å². The van der Waals surface area contributed by atoms with Gasteiger partial charge in [-0.1, -0.05) is 36.4 Å². The zero-order valence-electron chi connectivity index (χ0n) is 10.6. The number of aryl methyl sites for hydroxylation is 1. The van der Waals surface area contributed by atoms with Crippen molar-refractivity contribution >= 4 is 5.82 Å². The Labute approximate surface area is 108 Å². The first-order chi connectivity index (χ1) is 8.81. The lowest BCUT2D eigenvalue weighted by Gasteiger charge is -2.17. The predicted octanol–water partition coefficient (Wildman–Crippen LogP) is 2.56. The van der Waals surface area contributed by atoms with Crippen molar-refractivity contribution in [3.05, 3.63) is 59.8 Å². The van der Waals surface area contributed by atoms with Crippen molar-refractivity contribution in [1.82, 2.24) is 10.3 Å². The quantitative estimate of drug-likeness (QED) is 0.846. The summed E-state index contributed by atoms with van der Waals surface area (Å²) >= 11 is 0. The lowest BCUT2D eigenvalue weighted by atomic mass is 9.99. The third-order valence-electron chi connectivity index (χ3n) is 3.16. The number of nitrogens with zero attached hydrogens (tertiary/aromatic N) is 1. The molecule has 3 nitrogen and oxygen atoms in total. The molecule has 1 heterocycles. The molecule has 1 unspecified atom stereocenters. The highest BCUT2D eigenvalue weighted by Crippen LogP contribution is 2.22. The average Bonchev–Trinajstić information content (AvgIpc) is 2.42. The van der Waals surface area contributed by atoms with Gasteiger partial charge in [0.15, 0.2) is 0 Å². The summed E-state index contributed by atoms with van der Waals surface area (Å²) in [4.78, 5) is 4.14. The standard InChI is InChI=1S/C15H19N3/c1-17-14(13-8-5-11-18-15(13)16)10-9-12-6-3-2-4-7-12/h2-8,11,14,17H,9-10H2,1H3,(H2,16,18). The van der Waals surface area contributed by atoms with Crippen molar-refractivity contribution in [3.8, 4) is 0 Å². The number of pyridine rings is 1. The number of anilines is 1. The number of hydrogen-bond donors (Lipinski definition) is 2. The van der Waals surface area contributed by atoms with Gasteiger partial charge in [0.2, 0.25) is 0 Å². The third-order valence-corrected chi connectivity index (χ3v) is 3.16. The fourth-order valence-corrected chi connectivity index (χ4v) is 2.14. The van der Waals surface area contributed by atoms with Crippen molar-refractivity contribution in [2.45, 2.75) is 18.9 Å². The Morgan fingerprint density at radius 3 is 2.61 bits per heavy atom. The van der Waals surface area contributed by atoms with Crippen LogP contribution in [0, 0.1) is 0 Å². The second-order valence-corrected chi connectivity index (χ2v) is 4.34. The van der Waals surface area contributed by atoms with E-state index < -0.39 is 0 Å². The van der Waals surface area contributed by atoms with Gasteiger partial charge in [0.05, 0.1) is 0 Å².